The number of imidazole rings is 1. The number of rotatable bonds is 4. The fourth-order valence-electron chi connectivity index (χ4n) is 3.68. The molecule has 0 unspecified atom stereocenters. The Labute approximate surface area is 145 Å². The van der Waals surface area contributed by atoms with Crippen molar-refractivity contribution in [3.05, 3.63) is 50.7 Å². The third kappa shape index (κ3) is 2.50. The van der Waals surface area contributed by atoms with Crippen LogP contribution in [0.2, 0.25) is 0 Å². The number of pyridine rings is 1. The number of hydrogen-bond donors (Lipinski definition) is 0. The van der Waals surface area contributed by atoms with Crippen LogP contribution in [0.5, 0.6) is 0 Å². The van der Waals surface area contributed by atoms with E-state index in [0.717, 1.165) is 37.2 Å². The maximum absolute atomic E-state index is 12.9. The minimum Gasteiger partial charge on any atom is -0.296 e. The molecule has 5 nitrogen and oxygen atoms in total. The van der Waals surface area contributed by atoms with Crippen LogP contribution < -0.4 is 5.69 Å². The lowest BCUT2D eigenvalue weighted by Gasteiger charge is -2.16. The third-order valence-corrected chi connectivity index (χ3v) is 5.99. The molecule has 0 aliphatic carbocycles. The second-order valence-corrected chi connectivity index (χ2v) is 7.45. The van der Waals surface area contributed by atoms with Gasteiger partial charge in [0, 0.05) is 37.3 Å². The van der Waals surface area contributed by atoms with Gasteiger partial charge in [0.15, 0.2) is 5.65 Å². The van der Waals surface area contributed by atoms with Gasteiger partial charge in [0.1, 0.15) is 0 Å². The Morgan fingerprint density at radius 1 is 1.38 bits per heavy atom. The van der Waals surface area contributed by atoms with Crippen LogP contribution in [0, 0.1) is 6.92 Å². The van der Waals surface area contributed by atoms with Crippen molar-refractivity contribution in [2.24, 2.45) is 0 Å². The van der Waals surface area contributed by atoms with Crippen LogP contribution in [0.15, 0.2) is 34.6 Å². The predicted molar refractivity (Wildman–Crippen MR) is 97.7 cm³/mol. The zero-order valence-corrected chi connectivity index (χ0v) is 14.9. The van der Waals surface area contributed by atoms with E-state index in [1.54, 1.807) is 6.20 Å². The fraction of sp³-hybridized carbons (Fsp3) is 0.444. The topological polar surface area (TPSA) is 43.1 Å². The second-order valence-electron chi connectivity index (χ2n) is 6.45. The van der Waals surface area contributed by atoms with Gasteiger partial charge < -0.3 is 0 Å². The molecule has 0 aromatic carbocycles. The quantitative estimate of drug-likeness (QED) is 0.732. The Kier molecular flexibility index (Phi) is 4.02. The highest BCUT2D eigenvalue weighted by Gasteiger charge is 2.28. The van der Waals surface area contributed by atoms with E-state index >= 15 is 0 Å². The van der Waals surface area contributed by atoms with Crippen LogP contribution in [0.3, 0.4) is 0 Å². The van der Waals surface area contributed by atoms with Crippen molar-refractivity contribution in [1.29, 1.82) is 0 Å². The van der Waals surface area contributed by atoms with Gasteiger partial charge in [-0.25, -0.2) is 9.78 Å². The van der Waals surface area contributed by atoms with Crippen LogP contribution >= 0.6 is 11.3 Å². The van der Waals surface area contributed by atoms with E-state index in [4.69, 9.17) is 0 Å². The molecule has 1 saturated heterocycles. The number of aryl methyl sites for hydroxylation is 2. The number of aromatic nitrogens is 3. The summed E-state index contributed by atoms with van der Waals surface area (Å²) in [6, 6.07) is 6.28. The minimum absolute atomic E-state index is 0.0744. The summed E-state index contributed by atoms with van der Waals surface area (Å²) in [4.78, 5) is 21.2. The highest BCUT2D eigenvalue weighted by Crippen LogP contribution is 2.27. The molecule has 1 aliphatic heterocycles. The van der Waals surface area contributed by atoms with Crippen molar-refractivity contribution in [1.82, 2.24) is 19.0 Å². The standard InChI is InChI=1S/C18H22N4OS/c1-3-21-15-5-4-8-19-17(15)22(18(21)23)14-6-9-20(11-14)12-16-13(2)7-10-24-16/h4-5,7-8,10,14H,3,6,9,11-12H2,1-2H3/t14-/m1/s1. The molecule has 126 valence electrons. The predicted octanol–water partition coefficient (Wildman–Crippen LogP) is 3.03. The molecule has 4 heterocycles. The van der Waals surface area contributed by atoms with Crippen LogP contribution in [0.1, 0.15) is 29.8 Å². The molecule has 6 heteroatoms. The molecule has 1 atom stereocenters. The van der Waals surface area contributed by atoms with Crippen LogP contribution in [0.25, 0.3) is 11.2 Å². The summed E-state index contributed by atoms with van der Waals surface area (Å²) >= 11 is 1.82. The van der Waals surface area contributed by atoms with Crippen molar-refractivity contribution in [2.75, 3.05) is 13.1 Å². The number of fused-ring (bicyclic) bond motifs is 1. The molecule has 0 radical (unpaired) electrons. The monoisotopic (exact) mass is 342 g/mol. The molecule has 1 aliphatic rings. The first-order valence-corrected chi connectivity index (χ1v) is 9.38. The van der Waals surface area contributed by atoms with Gasteiger partial charge >= 0.3 is 5.69 Å². The highest BCUT2D eigenvalue weighted by molar-refractivity contribution is 7.10. The summed E-state index contributed by atoms with van der Waals surface area (Å²) in [6.45, 7) is 7.78. The fourth-order valence-corrected chi connectivity index (χ4v) is 4.63. The molecule has 0 saturated carbocycles. The summed E-state index contributed by atoms with van der Waals surface area (Å²) < 4.78 is 3.74. The first-order valence-electron chi connectivity index (χ1n) is 8.50. The summed E-state index contributed by atoms with van der Waals surface area (Å²) in [6.07, 6.45) is 2.78. The van der Waals surface area contributed by atoms with E-state index in [-0.39, 0.29) is 11.7 Å². The number of nitrogens with zero attached hydrogens (tertiary/aromatic N) is 4. The van der Waals surface area contributed by atoms with Crippen molar-refractivity contribution < 1.29 is 0 Å². The lowest BCUT2D eigenvalue weighted by Crippen LogP contribution is -2.29. The maximum Gasteiger partial charge on any atom is 0.330 e. The van der Waals surface area contributed by atoms with E-state index in [9.17, 15) is 4.79 Å². The van der Waals surface area contributed by atoms with Gasteiger partial charge in [0.25, 0.3) is 0 Å². The summed E-state index contributed by atoms with van der Waals surface area (Å²) in [5.41, 5.74) is 3.20. The van der Waals surface area contributed by atoms with Gasteiger partial charge in [-0.1, -0.05) is 0 Å². The van der Waals surface area contributed by atoms with E-state index in [1.807, 2.05) is 39.5 Å². The molecule has 24 heavy (non-hydrogen) atoms. The number of thiophene rings is 1. The van der Waals surface area contributed by atoms with Gasteiger partial charge in [-0.2, -0.15) is 0 Å². The number of likely N-dealkylation sites (tertiary alicyclic amines) is 1. The lowest BCUT2D eigenvalue weighted by atomic mass is 10.2. The Bertz CT molecular complexity index is 923. The first kappa shape index (κ1) is 15.6. The van der Waals surface area contributed by atoms with Gasteiger partial charge in [0.2, 0.25) is 0 Å². The second kappa shape index (κ2) is 6.18. The lowest BCUT2D eigenvalue weighted by molar-refractivity contribution is 0.318. The normalized spacial score (nSPS) is 18.7. The van der Waals surface area contributed by atoms with Gasteiger partial charge in [0.05, 0.1) is 11.6 Å². The average molecular weight is 342 g/mol. The summed E-state index contributed by atoms with van der Waals surface area (Å²) in [5, 5.41) is 2.15. The molecule has 0 amide bonds. The van der Waals surface area contributed by atoms with E-state index in [2.05, 4.69) is 28.3 Å². The van der Waals surface area contributed by atoms with E-state index in [0.29, 0.717) is 6.54 Å². The van der Waals surface area contributed by atoms with E-state index < -0.39 is 0 Å². The third-order valence-electron chi connectivity index (χ3n) is 4.99. The van der Waals surface area contributed by atoms with Crippen LogP contribution in [-0.4, -0.2) is 32.1 Å². The molecular weight excluding hydrogens is 320 g/mol. The smallest absolute Gasteiger partial charge is 0.296 e. The van der Waals surface area contributed by atoms with Gasteiger partial charge in [-0.15, -0.1) is 11.3 Å². The largest absolute Gasteiger partial charge is 0.330 e. The van der Waals surface area contributed by atoms with Gasteiger partial charge in [-0.05, 0) is 49.4 Å². The SMILES string of the molecule is CCn1c(=O)n([C@@H]2CCN(Cc3sccc3C)C2)c2ncccc21. The Balaban J connectivity index is 1.64. The summed E-state index contributed by atoms with van der Waals surface area (Å²) in [5.74, 6) is 0. The Morgan fingerprint density at radius 2 is 2.25 bits per heavy atom. The molecule has 1 fully saturated rings. The molecule has 3 aromatic heterocycles. The molecular formula is C18H22N4OS. The number of hydrogen-bond acceptors (Lipinski definition) is 4. The minimum atomic E-state index is 0.0744. The summed E-state index contributed by atoms with van der Waals surface area (Å²) in [7, 11) is 0. The van der Waals surface area contributed by atoms with E-state index in [1.165, 1.54) is 10.4 Å². The first-order chi connectivity index (χ1) is 11.7. The van der Waals surface area contributed by atoms with Crippen molar-refractivity contribution >= 4 is 22.5 Å². The zero-order chi connectivity index (χ0) is 16.7. The van der Waals surface area contributed by atoms with Crippen molar-refractivity contribution in [3.8, 4) is 0 Å². The van der Waals surface area contributed by atoms with Crippen molar-refractivity contribution in [2.45, 2.75) is 39.4 Å². The maximum atomic E-state index is 12.9. The Hall–Kier alpha value is -1.92. The Morgan fingerprint density at radius 3 is 3.00 bits per heavy atom. The van der Waals surface area contributed by atoms with Crippen LogP contribution in [0.4, 0.5) is 0 Å². The highest BCUT2D eigenvalue weighted by atomic mass is 32.1. The molecule has 0 N–H and O–H groups in total. The molecule has 3 aromatic rings. The van der Waals surface area contributed by atoms with Crippen molar-refractivity contribution in [3.63, 3.8) is 0 Å². The average Bonchev–Trinajstić information content (AvgIpc) is 3.26. The zero-order valence-electron chi connectivity index (χ0n) is 14.1. The van der Waals surface area contributed by atoms with Crippen LogP contribution in [-0.2, 0) is 13.1 Å². The molecule has 0 bridgehead atoms. The van der Waals surface area contributed by atoms with Gasteiger partial charge in [-0.3, -0.25) is 14.0 Å². The molecule has 0 spiro atoms. The molecule has 4 rings (SSSR count).